The summed E-state index contributed by atoms with van der Waals surface area (Å²) in [5.74, 6) is -0.726. The van der Waals surface area contributed by atoms with Crippen LogP contribution in [0, 0.1) is 5.82 Å². The fourth-order valence-corrected chi connectivity index (χ4v) is 3.77. The van der Waals surface area contributed by atoms with E-state index in [9.17, 15) is 9.18 Å². The second kappa shape index (κ2) is 10.3. The summed E-state index contributed by atoms with van der Waals surface area (Å²) in [7, 11) is 0. The standard InChI is InChI=1S/C26H23FN6O2/c27-23-17-28-11-9-22(23)25(34)30-19-3-1-18(2-4-19)24-10-12-29-26(32-24)31-20-5-7-21(8-6-20)33-13-15-35-16-14-33/h1-12,17H,13-16H2,(H,30,34)(H,29,31,32). The van der Waals surface area contributed by atoms with Gasteiger partial charge in [-0.05, 0) is 48.5 Å². The van der Waals surface area contributed by atoms with Crippen LogP contribution in [0.2, 0.25) is 0 Å². The van der Waals surface area contributed by atoms with E-state index in [0.29, 0.717) is 11.6 Å². The SMILES string of the molecule is O=C(Nc1ccc(-c2ccnc(Nc3ccc(N4CCOCC4)cc3)n2)cc1)c1ccncc1F. The fraction of sp³-hybridized carbons (Fsp3) is 0.154. The molecule has 1 amide bonds. The molecule has 0 spiro atoms. The zero-order valence-electron chi connectivity index (χ0n) is 18.8. The van der Waals surface area contributed by atoms with E-state index in [4.69, 9.17) is 4.74 Å². The second-order valence-corrected chi connectivity index (χ2v) is 7.92. The van der Waals surface area contributed by atoms with Gasteiger partial charge in [0.05, 0.1) is 30.7 Å². The lowest BCUT2D eigenvalue weighted by Gasteiger charge is -2.28. The number of nitrogens with zero attached hydrogens (tertiary/aromatic N) is 4. The van der Waals surface area contributed by atoms with E-state index < -0.39 is 11.7 Å². The van der Waals surface area contributed by atoms with E-state index in [2.05, 4.69) is 42.6 Å². The minimum Gasteiger partial charge on any atom is -0.378 e. The van der Waals surface area contributed by atoms with Gasteiger partial charge in [-0.3, -0.25) is 9.78 Å². The Morgan fingerprint density at radius 1 is 0.914 bits per heavy atom. The molecule has 3 heterocycles. The highest BCUT2D eigenvalue weighted by Gasteiger charge is 2.13. The zero-order valence-corrected chi connectivity index (χ0v) is 18.8. The summed E-state index contributed by atoms with van der Waals surface area (Å²) >= 11 is 0. The Morgan fingerprint density at radius 3 is 2.40 bits per heavy atom. The Labute approximate surface area is 201 Å². The molecule has 176 valence electrons. The van der Waals surface area contributed by atoms with Gasteiger partial charge in [0.2, 0.25) is 5.95 Å². The number of hydrogen-bond acceptors (Lipinski definition) is 7. The lowest BCUT2D eigenvalue weighted by Crippen LogP contribution is -2.36. The van der Waals surface area contributed by atoms with Crippen LogP contribution in [0.1, 0.15) is 10.4 Å². The van der Waals surface area contributed by atoms with Gasteiger partial charge in [-0.15, -0.1) is 0 Å². The fourth-order valence-electron chi connectivity index (χ4n) is 3.77. The van der Waals surface area contributed by atoms with Crippen molar-refractivity contribution in [2.24, 2.45) is 0 Å². The molecule has 1 aliphatic rings. The van der Waals surface area contributed by atoms with Gasteiger partial charge >= 0.3 is 0 Å². The first-order valence-electron chi connectivity index (χ1n) is 11.2. The van der Waals surface area contributed by atoms with Crippen LogP contribution in [0.15, 0.2) is 79.3 Å². The minimum absolute atomic E-state index is 0.0615. The Hall–Kier alpha value is -4.37. The molecule has 8 nitrogen and oxygen atoms in total. The molecule has 5 rings (SSSR count). The number of pyridine rings is 1. The third-order valence-electron chi connectivity index (χ3n) is 5.61. The summed E-state index contributed by atoms with van der Waals surface area (Å²) in [5, 5.41) is 5.93. The molecule has 0 unspecified atom stereocenters. The molecule has 0 saturated carbocycles. The van der Waals surface area contributed by atoms with Gasteiger partial charge in [-0.1, -0.05) is 12.1 Å². The van der Waals surface area contributed by atoms with E-state index in [-0.39, 0.29) is 5.56 Å². The van der Waals surface area contributed by atoms with Crippen LogP contribution in [0.4, 0.5) is 27.4 Å². The van der Waals surface area contributed by atoms with E-state index in [0.717, 1.165) is 55.1 Å². The number of hydrogen-bond donors (Lipinski definition) is 2. The number of carbonyl (C=O) groups excluding carboxylic acids is 1. The number of rotatable bonds is 6. The van der Waals surface area contributed by atoms with Crippen LogP contribution in [0.25, 0.3) is 11.3 Å². The topological polar surface area (TPSA) is 92.3 Å². The number of anilines is 4. The Bertz CT molecular complexity index is 1310. The molecule has 2 aromatic carbocycles. The molecule has 1 saturated heterocycles. The van der Waals surface area contributed by atoms with Crippen molar-refractivity contribution < 1.29 is 13.9 Å². The highest BCUT2D eigenvalue weighted by atomic mass is 19.1. The number of carbonyl (C=O) groups is 1. The molecule has 2 aromatic heterocycles. The molecular formula is C26H23FN6O2. The van der Waals surface area contributed by atoms with Crippen LogP contribution in [-0.4, -0.2) is 47.2 Å². The van der Waals surface area contributed by atoms with Crippen LogP contribution in [0.5, 0.6) is 0 Å². The van der Waals surface area contributed by atoms with Crippen molar-refractivity contribution in [1.29, 1.82) is 0 Å². The smallest absolute Gasteiger partial charge is 0.258 e. The molecule has 9 heteroatoms. The average Bonchev–Trinajstić information content (AvgIpc) is 2.90. The Kier molecular flexibility index (Phi) is 6.58. The first kappa shape index (κ1) is 22.4. The maximum absolute atomic E-state index is 13.8. The number of halogens is 1. The minimum atomic E-state index is -0.668. The third-order valence-corrected chi connectivity index (χ3v) is 5.61. The molecular weight excluding hydrogens is 447 g/mol. The maximum Gasteiger partial charge on any atom is 0.258 e. The number of benzene rings is 2. The number of nitrogens with one attached hydrogen (secondary N) is 2. The zero-order chi connectivity index (χ0) is 24.0. The van der Waals surface area contributed by atoms with Gasteiger partial charge in [-0.25, -0.2) is 14.4 Å². The summed E-state index contributed by atoms with van der Waals surface area (Å²) in [4.78, 5) is 27.2. The van der Waals surface area contributed by atoms with Crippen LogP contribution in [0.3, 0.4) is 0 Å². The predicted octanol–water partition coefficient (Wildman–Crippen LogP) is 4.51. The highest BCUT2D eigenvalue weighted by molar-refractivity contribution is 6.04. The monoisotopic (exact) mass is 470 g/mol. The van der Waals surface area contributed by atoms with Crippen molar-refractivity contribution >= 4 is 28.9 Å². The van der Waals surface area contributed by atoms with Crippen molar-refractivity contribution in [2.75, 3.05) is 41.8 Å². The van der Waals surface area contributed by atoms with Crippen molar-refractivity contribution in [3.8, 4) is 11.3 Å². The molecule has 2 N–H and O–H groups in total. The van der Waals surface area contributed by atoms with Crippen molar-refractivity contribution in [3.63, 3.8) is 0 Å². The van der Waals surface area contributed by atoms with Gasteiger partial charge in [0.25, 0.3) is 5.91 Å². The van der Waals surface area contributed by atoms with E-state index in [1.54, 1.807) is 18.3 Å². The van der Waals surface area contributed by atoms with E-state index in [1.807, 2.05) is 30.3 Å². The van der Waals surface area contributed by atoms with Crippen LogP contribution >= 0.6 is 0 Å². The molecule has 0 aliphatic carbocycles. The molecule has 35 heavy (non-hydrogen) atoms. The van der Waals surface area contributed by atoms with Crippen molar-refractivity contribution in [3.05, 3.63) is 90.6 Å². The van der Waals surface area contributed by atoms with Gasteiger partial charge < -0.3 is 20.3 Å². The quantitative estimate of drug-likeness (QED) is 0.428. The summed E-state index contributed by atoms with van der Waals surface area (Å²) < 4.78 is 19.2. The third kappa shape index (κ3) is 5.42. The molecule has 0 atom stereocenters. The molecule has 0 bridgehead atoms. The van der Waals surface area contributed by atoms with Gasteiger partial charge in [-0.2, -0.15) is 0 Å². The molecule has 1 aliphatic heterocycles. The number of morpholine rings is 1. The first-order valence-corrected chi connectivity index (χ1v) is 11.2. The van der Waals surface area contributed by atoms with E-state index >= 15 is 0 Å². The van der Waals surface area contributed by atoms with Gasteiger partial charge in [0.1, 0.15) is 0 Å². The lowest BCUT2D eigenvalue weighted by molar-refractivity contribution is 0.102. The predicted molar refractivity (Wildman–Crippen MR) is 132 cm³/mol. The van der Waals surface area contributed by atoms with E-state index in [1.165, 1.54) is 12.3 Å². The summed E-state index contributed by atoms with van der Waals surface area (Å²) in [6.45, 7) is 3.27. The van der Waals surface area contributed by atoms with Crippen molar-refractivity contribution in [2.45, 2.75) is 0 Å². The summed E-state index contributed by atoms with van der Waals surface area (Å²) in [5.41, 5.74) is 4.11. The largest absolute Gasteiger partial charge is 0.378 e. The van der Waals surface area contributed by atoms with Gasteiger partial charge in [0, 0.05) is 48.1 Å². The normalized spacial score (nSPS) is 13.3. The Morgan fingerprint density at radius 2 is 1.66 bits per heavy atom. The number of amides is 1. The maximum atomic E-state index is 13.8. The van der Waals surface area contributed by atoms with Crippen LogP contribution in [-0.2, 0) is 4.74 Å². The van der Waals surface area contributed by atoms with Gasteiger partial charge in [0.15, 0.2) is 5.82 Å². The average molecular weight is 471 g/mol. The second-order valence-electron chi connectivity index (χ2n) is 7.92. The molecule has 4 aromatic rings. The van der Waals surface area contributed by atoms with Crippen LogP contribution < -0.4 is 15.5 Å². The van der Waals surface area contributed by atoms with Crippen molar-refractivity contribution in [1.82, 2.24) is 15.0 Å². The Balaban J connectivity index is 1.25. The number of aromatic nitrogens is 3. The highest BCUT2D eigenvalue weighted by Crippen LogP contribution is 2.24. The lowest BCUT2D eigenvalue weighted by atomic mass is 10.1. The first-order chi connectivity index (χ1) is 17.2. The summed E-state index contributed by atoms with van der Waals surface area (Å²) in [6.07, 6.45) is 4.08. The summed E-state index contributed by atoms with van der Waals surface area (Å²) in [6, 6.07) is 18.5. The molecule has 1 fully saturated rings. The molecule has 0 radical (unpaired) electrons. The number of ether oxygens (including phenoxy) is 1.